The smallest absolute Gasteiger partial charge is 0.212 e. The molecular formula is C40H30N6O. The van der Waals surface area contributed by atoms with Crippen LogP contribution < -0.4 is 4.74 Å². The number of methoxy groups -OCH3 is 1. The Hall–Kier alpha value is -6.34. The molecule has 0 radical (unpaired) electrons. The van der Waals surface area contributed by atoms with E-state index < -0.39 is 5.54 Å². The second kappa shape index (κ2) is 11.9. The Labute approximate surface area is 272 Å². The van der Waals surface area contributed by atoms with Crippen molar-refractivity contribution in [1.82, 2.24) is 29.1 Å². The zero-order chi connectivity index (χ0) is 31.6. The van der Waals surface area contributed by atoms with Crippen LogP contribution in [0.3, 0.4) is 0 Å². The van der Waals surface area contributed by atoms with E-state index in [0.29, 0.717) is 5.88 Å². The van der Waals surface area contributed by atoms with Gasteiger partial charge in [0.25, 0.3) is 0 Å². The Kier molecular flexibility index (Phi) is 7.11. The molecule has 0 atom stereocenters. The van der Waals surface area contributed by atoms with Crippen molar-refractivity contribution in [2.45, 2.75) is 5.54 Å². The van der Waals surface area contributed by atoms with E-state index in [1.807, 2.05) is 67.0 Å². The Morgan fingerprint density at radius 3 is 1.79 bits per heavy atom. The molecule has 0 saturated carbocycles. The molecule has 0 aliphatic rings. The number of imidazole rings is 1. The minimum absolute atomic E-state index is 0.543. The molecular weight excluding hydrogens is 580 g/mol. The molecule has 5 aromatic heterocycles. The van der Waals surface area contributed by atoms with Gasteiger partial charge < -0.3 is 4.74 Å². The maximum atomic E-state index is 5.46. The molecule has 8 rings (SSSR count). The van der Waals surface area contributed by atoms with Gasteiger partial charge in [0.1, 0.15) is 16.9 Å². The monoisotopic (exact) mass is 610 g/mol. The van der Waals surface area contributed by atoms with Crippen LogP contribution in [-0.2, 0) is 5.54 Å². The van der Waals surface area contributed by atoms with Gasteiger partial charge in [-0.1, -0.05) is 97.1 Å². The fraction of sp³-hybridized carbons (Fsp3) is 0.0500. The summed E-state index contributed by atoms with van der Waals surface area (Å²) < 4.78 is 9.59. The van der Waals surface area contributed by atoms with Crippen molar-refractivity contribution in [3.05, 3.63) is 181 Å². The van der Waals surface area contributed by atoms with Crippen LogP contribution in [0.25, 0.3) is 39.4 Å². The maximum absolute atomic E-state index is 5.46. The molecule has 0 bridgehead atoms. The Morgan fingerprint density at radius 1 is 0.574 bits per heavy atom. The number of hydrogen-bond donors (Lipinski definition) is 0. The van der Waals surface area contributed by atoms with Crippen molar-refractivity contribution in [3.8, 4) is 39.7 Å². The fourth-order valence-corrected chi connectivity index (χ4v) is 6.39. The minimum Gasteiger partial charge on any atom is -0.481 e. The molecule has 8 aromatic rings. The Balaban J connectivity index is 1.43. The van der Waals surface area contributed by atoms with E-state index in [0.717, 1.165) is 56.1 Å². The van der Waals surface area contributed by atoms with Gasteiger partial charge in [-0.25, -0.2) is 9.97 Å². The molecule has 47 heavy (non-hydrogen) atoms. The average molecular weight is 611 g/mol. The van der Waals surface area contributed by atoms with E-state index in [1.54, 1.807) is 13.3 Å². The lowest BCUT2D eigenvalue weighted by Crippen LogP contribution is -2.38. The van der Waals surface area contributed by atoms with Crippen LogP contribution in [0.15, 0.2) is 164 Å². The van der Waals surface area contributed by atoms with Gasteiger partial charge in [0.15, 0.2) is 0 Å². The van der Waals surface area contributed by atoms with E-state index in [-0.39, 0.29) is 0 Å². The number of pyridine rings is 3. The quantitative estimate of drug-likeness (QED) is 0.162. The zero-order valence-corrected chi connectivity index (χ0v) is 25.7. The van der Waals surface area contributed by atoms with Gasteiger partial charge in [-0.3, -0.25) is 14.1 Å². The Bertz CT molecular complexity index is 2170. The summed E-state index contributed by atoms with van der Waals surface area (Å²) in [7, 11) is 1.62. The summed E-state index contributed by atoms with van der Waals surface area (Å²) in [6, 6.07) is 45.6. The van der Waals surface area contributed by atoms with E-state index in [9.17, 15) is 0 Å². The van der Waals surface area contributed by atoms with Gasteiger partial charge in [-0.15, -0.1) is 0 Å². The number of benzene rings is 3. The normalized spacial score (nSPS) is 11.5. The zero-order valence-electron chi connectivity index (χ0n) is 25.7. The number of aromatic nitrogens is 6. The SMILES string of the molecule is COc1ccc(-c2nn(C(c3ccccc3)(c3ccccc3)c3ccccc3)cc2-c2ccc3ncc(-c4ccccn4)n3c2)cn1. The summed E-state index contributed by atoms with van der Waals surface area (Å²) >= 11 is 0. The summed E-state index contributed by atoms with van der Waals surface area (Å²) in [5, 5.41) is 5.46. The van der Waals surface area contributed by atoms with Gasteiger partial charge in [0.05, 0.1) is 24.7 Å². The lowest BCUT2D eigenvalue weighted by Gasteiger charge is -2.36. The first-order valence-electron chi connectivity index (χ1n) is 15.4. The van der Waals surface area contributed by atoms with Gasteiger partial charge in [-0.05, 0) is 47.0 Å². The van der Waals surface area contributed by atoms with Crippen LogP contribution in [0.4, 0.5) is 0 Å². The van der Waals surface area contributed by atoms with E-state index in [2.05, 4.69) is 115 Å². The number of rotatable bonds is 8. The molecule has 226 valence electrons. The van der Waals surface area contributed by atoms with Crippen molar-refractivity contribution >= 4 is 5.65 Å². The van der Waals surface area contributed by atoms with E-state index in [4.69, 9.17) is 9.84 Å². The highest BCUT2D eigenvalue weighted by molar-refractivity contribution is 5.81. The molecule has 0 aliphatic carbocycles. The molecule has 7 heteroatoms. The van der Waals surface area contributed by atoms with E-state index >= 15 is 0 Å². The standard InChI is InChI=1S/C40H30N6O/c1-47-38-23-21-29(25-43-38)39-34(30-20-22-37-42-26-36(45(37)27-30)35-19-11-12-24-41-35)28-46(44-39)40(31-13-5-2-6-14-31,32-15-7-3-8-16-32)33-17-9-4-10-18-33/h2-28H,1H3. The van der Waals surface area contributed by atoms with Crippen molar-refractivity contribution in [2.24, 2.45) is 0 Å². The third kappa shape index (κ3) is 4.85. The summed E-state index contributed by atoms with van der Waals surface area (Å²) in [6.45, 7) is 0. The van der Waals surface area contributed by atoms with Crippen molar-refractivity contribution in [1.29, 1.82) is 0 Å². The lowest BCUT2D eigenvalue weighted by molar-refractivity contribution is 0.398. The summed E-state index contributed by atoms with van der Waals surface area (Å²) in [5.41, 5.74) is 8.69. The largest absolute Gasteiger partial charge is 0.481 e. The first-order valence-corrected chi connectivity index (χ1v) is 15.4. The summed E-state index contributed by atoms with van der Waals surface area (Å²) in [5.74, 6) is 0.543. The van der Waals surface area contributed by atoms with Crippen LogP contribution in [0, 0.1) is 0 Å². The highest BCUT2D eigenvalue weighted by Crippen LogP contribution is 2.43. The number of hydrogen-bond acceptors (Lipinski definition) is 5. The second-order valence-corrected chi connectivity index (χ2v) is 11.2. The third-order valence-electron chi connectivity index (χ3n) is 8.60. The second-order valence-electron chi connectivity index (χ2n) is 11.2. The highest BCUT2D eigenvalue weighted by Gasteiger charge is 2.40. The maximum Gasteiger partial charge on any atom is 0.212 e. The molecule has 0 fully saturated rings. The molecule has 3 aromatic carbocycles. The molecule has 0 amide bonds. The number of nitrogens with zero attached hydrogens (tertiary/aromatic N) is 6. The molecule has 0 aliphatic heterocycles. The van der Waals surface area contributed by atoms with Crippen molar-refractivity contribution < 1.29 is 4.74 Å². The lowest BCUT2D eigenvalue weighted by atomic mass is 9.77. The van der Waals surface area contributed by atoms with Crippen molar-refractivity contribution in [2.75, 3.05) is 7.11 Å². The molecule has 7 nitrogen and oxygen atoms in total. The van der Waals surface area contributed by atoms with Crippen LogP contribution in [0.5, 0.6) is 5.88 Å². The first kappa shape index (κ1) is 28.2. The summed E-state index contributed by atoms with van der Waals surface area (Å²) in [6.07, 6.45) is 9.76. The first-order chi connectivity index (χ1) is 23.3. The minimum atomic E-state index is -0.783. The molecule has 5 heterocycles. The summed E-state index contributed by atoms with van der Waals surface area (Å²) in [4.78, 5) is 13.8. The van der Waals surface area contributed by atoms with Crippen LogP contribution in [0.1, 0.15) is 16.7 Å². The highest BCUT2D eigenvalue weighted by atomic mass is 16.5. The third-order valence-corrected chi connectivity index (χ3v) is 8.60. The van der Waals surface area contributed by atoms with E-state index in [1.165, 1.54) is 0 Å². The molecule has 0 saturated heterocycles. The van der Waals surface area contributed by atoms with Gasteiger partial charge >= 0.3 is 0 Å². The molecule has 0 unspecified atom stereocenters. The van der Waals surface area contributed by atoms with Gasteiger partial charge in [-0.2, -0.15) is 5.10 Å². The number of fused-ring (bicyclic) bond motifs is 1. The van der Waals surface area contributed by atoms with Crippen LogP contribution in [-0.4, -0.2) is 36.2 Å². The fourth-order valence-electron chi connectivity index (χ4n) is 6.39. The average Bonchev–Trinajstić information content (AvgIpc) is 3.79. The van der Waals surface area contributed by atoms with Crippen LogP contribution >= 0.6 is 0 Å². The van der Waals surface area contributed by atoms with Crippen molar-refractivity contribution in [3.63, 3.8) is 0 Å². The van der Waals surface area contributed by atoms with Gasteiger partial charge in [0, 0.05) is 47.5 Å². The van der Waals surface area contributed by atoms with Gasteiger partial charge in [0.2, 0.25) is 5.88 Å². The van der Waals surface area contributed by atoms with Crippen LogP contribution in [0.2, 0.25) is 0 Å². The predicted octanol–water partition coefficient (Wildman–Crippen LogP) is 8.17. The molecule has 0 N–H and O–H groups in total. The topological polar surface area (TPSA) is 70.1 Å². The predicted molar refractivity (Wildman–Crippen MR) is 184 cm³/mol. The number of ether oxygens (including phenoxy) is 1. The molecule has 0 spiro atoms. The Morgan fingerprint density at radius 2 is 1.21 bits per heavy atom.